The molecule has 1 aliphatic rings. The fourth-order valence-corrected chi connectivity index (χ4v) is 2.31. The molecule has 118 valence electrons. The Morgan fingerprint density at radius 1 is 1.14 bits per heavy atom. The molecule has 1 heterocycles. The van der Waals surface area contributed by atoms with E-state index >= 15 is 0 Å². The lowest BCUT2D eigenvalue weighted by molar-refractivity contribution is -0.136. The van der Waals surface area contributed by atoms with Crippen LogP contribution in [0.4, 0.5) is 4.79 Å². The van der Waals surface area contributed by atoms with Crippen LogP contribution in [0, 0.1) is 0 Å². The zero-order valence-electron chi connectivity index (χ0n) is 12.9. The molecule has 0 unspecified atom stereocenters. The van der Waals surface area contributed by atoms with Gasteiger partial charge in [0.2, 0.25) is 0 Å². The fourth-order valence-electron chi connectivity index (χ4n) is 2.31. The molecule has 0 fully saturated rings. The Labute approximate surface area is 128 Å². The Kier molecular flexibility index (Phi) is 4.55. The van der Waals surface area contributed by atoms with Crippen LogP contribution in [0.1, 0.15) is 18.5 Å². The Bertz CT molecular complexity index is 639. The van der Waals surface area contributed by atoms with Crippen molar-refractivity contribution in [3.8, 4) is 11.5 Å². The standard InChI is InChI=1S/C15H18N2O5/c1-8-12(16-15(19)17-13(8)14(18)22-4)9-5-6-10(20-2)11(7-9)21-3/h5-7,12H,1-4H3,(H2,16,17,19)/t12-/m0/s1. The van der Waals surface area contributed by atoms with E-state index in [2.05, 4.69) is 10.6 Å². The second kappa shape index (κ2) is 6.38. The summed E-state index contributed by atoms with van der Waals surface area (Å²) in [7, 11) is 4.35. The van der Waals surface area contributed by atoms with E-state index in [1.165, 1.54) is 14.2 Å². The molecule has 0 bridgehead atoms. The maximum atomic E-state index is 11.8. The van der Waals surface area contributed by atoms with Gasteiger partial charge in [0.05, 0.1) is 27.4 Å². The molecule has 2 rings (SSSR count). The van der Waals surface area contributed by atoms with Crippen molar-refractivity contribution in [1.82, 2.24) is 10.6 Å². The number of carbonyl (C=O) groups is 2. The zero-order chi connectivity index (χ0) is 16.3. The highest BCUT2D eigenvalue weighted by atomic mass is 16.5. The van der Waals surface area contributed by atoms with Gasteiger partial charge in [-0.15, -0.1) is 0 Å². The van der Waals surface area contributed by atoms with Gasteiger partial charge < -0.3 is 24.8 Å². The minimum Gasteiger partial charge on any atom is -0.493 e. The number of amides is 2. The number of ether oxygens (including phenoxy) is 3. The number of benzene rings is 1. The summed E-state index contributed by atoms with van der Waals surface area (Å²) in [6, 6.07) is 4.38. The summed E-state index contributed by atoms with van der Waals surface area (Å²) >= 11 is 0. The highest BCUT2D eigenvalue weighted by molar-refractivity contribution is 5.96. The number of nitrogens with one attached hydrogen (secondary N) is 2. The van der Waals surface area contributed by atoms with Crippen LogP contribution in [-0.2, 0) is 9.53 Å². The van der Waals surface area contributed by atoms with Crippen molar-refractivity contribution in [1.29, 1.82) is 0 Å². The Morgan fingerprint density at radius 3 is 2.41 bits per heavy atom. The van der Waals surface area contributed by atoms with Crippen LogP contribution >= 0.6 is 0 Å². The average Bonchev–Trinajstić information content (AvgIpc) is 2.55. The van der Waals surface area contributed by atoms with Gasteiger partial charge in [-0.1, -0.05) is 6.07 Å². The van der Waals surface area contributed by atoms with E-state index in [-0.39, 0.29) is 5.70 Å². The number of carbonyl (C=O) groups excluding carboxylic acids is 2. The van der Waals surface area contributed by atoms with Crippen molar-refractivity contribution in [2.45, 2.75) is 13.0 Å². The van der Waals surface area contributed by atoms with Crippen molar-refractivity contribution in [3.63, 3.8) is 0 Å². The van der Waals surface area contributed by atoms with E-state index in [0.29, 0.717) is 17.1 Å². The molecule has 0 saturated carbocycles. The Balaban J connectivity index is 2.46. The second-order valence-corrected chi connectivity index (χ2v) is 4.70. The van der Waals surface area contributed by atoms with Crippen molar-refractivity contribution in [3.05, 3.63) is 35.0 Å². The quantitative estimate of drug-likeness (QED) is 0.823. The molecule has 0 radical (unpaired) electrons. The zero-order valence-corrected chi connectivity index (χ0v) is 12.9. The monoisotopic (exact) mass is 306 g/mol. The maximum Gasteiger partial charge on any atom is 0.354 e. The van der Waals surface area contributed by atoms with Crippen LogP contribution in [-0.4, -0.2) is 33.3 Å². The van der Waals surface area contributed by atoms with Crippen molar-refractivity contribution < 1.29 is 23.8 Å². The van der Waals surface area contributed by atoms with Gasteiger partial charge in [0.25, 0.3) is 0 Å². The first-order valence-electron chi connectivity index (χ1n) is 6.60. The third-order valence-corrected chi connectivity index (χ3v) is 3.47. The Hall–Kier alpha value is -2.70. The van der Waals surface area contributed by atoms with Crippen molar-refractivity contribution in [2.75, 3.05) is 21.3 Å². The number of esters is 1. The number of urea groups is 1. The minimum atomic E-state index is -0.585. The predicted molar refractivity (Wildman–Crippen MR) is 78.7 cm³/mol. The molecule has 7 heteroatoms. The smallest absolute Gasteiger partial charge is 0.354 e. The molecular weight excluding hydrogens is 288 g/mol. The van der Waals surface area contributed by atoms with Gasteiger partial charge in [-0.3, -0.25) is 0 Å². The lowest BCUT2D eigenvalue weighted by Gasteiger charge is -2.28. The molecule has 1 atom stereocenters. The van der Waals surface area contributed by atoms with E-state index in [1.807, 2.05) is 0 Å². The van der Waals surface area contributed by atoms with Crippen LogP contribution in [0.2, 0.25) is 0 Å². The molecule has 0 saturated heterocycles. The maximum absolute atomic E-state index is 11.8. The van der Waals surface area contributed by atoms with Crippen LogP contribution < -0.4 is 20.1 Å². The third kappa shape index (κ3) is 2.83. The fraction of sp³-hybridized carbons (Fsp3) is 0.333. The molecule has 0 aliphatic carbocycles. The summed E-state index contributed by atoms with van der Waals surface area (Å²) in [6.45, 7) is 1.75. The Morgan fingerprint density at radius 2 is 1.82 bits per heavy atom. The van der Waals surface area contributed by atoms with Crippen LogP contribution in [0.25, 0.3) is 0 Å². The second-order valence-electron chi connectivity index (χ2n) is 4.70. The van der Waals surface area contributed by atoms with E-state index < -0.39 is 18.0 Å². The van der Waals surface area contributed by atoms with E-state index in [4.69, 9.17) is 14.2 Å². The van der Waals surface area contributed by atoms with Gasteiger partial charge in [-0.25, -0.2) is 9.59 Å². The number of methoxy groups -OCH3 is 3. The number of hydrogen-bond acceptors (Lipinski definition) is 5. The molecule has 1 aromatic rings. The van der Waals surface area contributed by atoms with E-state index in [9.17, 15) is 9.59 Å². The summed E-state index contributed by atoms with van der Waals surface area (Å²) in [6.07, 6.45) is 0. The lowest BCUT2D eigenvalue weighted by Crippen LogP contribution is -2.45. The molecule has 0 aromatic heterocycles. The molecule has 22 heavy (non-hydrogen) atoms. The van der Waals surface area contributed by atoms with Crippen LogP contribution in [0.3, 0.4) is 0 Å². The van der Waals surface area contributed by atoms with Crippen molar-refractivity contribution >= 4 is 12.0 Å². The largest absolute Gasteiger partial charge is 0.493 e. The van der Waals surface area contributed by atoms with Crippen LogP contribution in [0.15, 0.2) is 29.5 Å². The van der Waals surface area contributed by atoms with Gasteiger partial charge in [-0.2, -0.15) is 0 Å². The lowest BCUT2D eigenvalue weighted by atomic mass is 9.96. The van der Waals surface area contributed by atoms with Gasteiger partial charge in [0, 0.05) is 0 Å². The summed E-state index contributed by atoms with van der Waals surface area (Å²) in [4.78, 5) is 23.5. The topological polar surface area (TPSA) is 85.9 Å². The molecule has 0 spiro atoms. The van der Waals surface area contributed by atoms with Gasteiger partial charge in [0.15, 0.2) is 11.5 Å². The molecule has 2 N–H and O–H groups in total. The third-order valence-electron chi connectivity index (χ3n) is 3.47. The summed E-state index contributed by atoms with van der Waals surface area (Å²) < 4.78 is 15.1. The van der Waals surface area contributed by atoms with Gasteiger partial charge >= 0.3 is 12.0 Å². The number of hydrogen-bond donors (Lipinski definition) is 2. The first-order chi connectivity index (χ1) is 10.5. The number of rotatable bonds is 4. The van der Waals surface area contributed by atoms with Crippen LogP contribution in [0.5, 0.6) is 11.5 Å². The van der Waals surface area contributed by atoms with Gasteiger partial charge in [0.1, 0.15) is 5.70 Å². The molecule has 7 nitrogen and oxygen atoms in total. The molecule has 2 amide bonds. The van der Waals surface area contributed by atoms with E-state index in [1.54, 1.807) is 32.2 Å². The molecule has 1 aliphatic heterocycles. The first kappa shape index (κ1) is 15.7. The van der Waals surface area contributed by atoms with Gasteiger partial charge in [-0.05, 0) is 30.2 Å². The highest BCUT2D eigenvalue weighted by Gasteiger charge is 2.29. The predicted octanol–water partition coefficient (Wildman–Crippen LogP) is 1.50. The highest BCUT2D eigenvalue weighted by Crippen LogP contribution is 2.33. The van der Waals surface area contributed by atoms with Crippen molar-refractivity contribution in [2.24, 2.45) is 0 Å². The minimum absolute atomic E-state index is 0.144. The summed E-state index contributed by atoms with van der Waals surface area (Å²) in [5.74, 6) is 0.541. The SMILES string of the molecule is COC(=O)C1=C(C)[C@@H](c2ccc(OC)c(OC)c2)NC(=O)N1. The first-order valence-corrected chi connectivity index (χ1v) is 6.60. The molecule has 1 aromatic carbocycles. The van der Waals surface area contributed by atoms with E-state index in [0.717, 1.165) is 5.56 Å². The summed E-state index contributed by atoms with van der Waals surface area (Å²) in [5, 5.41) is 5.23. The summed E-state index contributed by atoms with van der Waals surface area (Å²) in [5.41, 5.74) is 1.57. The normalized spacial score (nSPS) is 17.5. The average molecular weight is 306 g/mol. The molecular formula is C15H18N2O5.